The highest BCUT2D eigenvalue weighted by molar-refractivity contribution is 5.85. The van der Waals surface area contributed by atoms with Gasteiger partial charge in [-0.05, 0) is 62.9 Å². The summed E-state index contributed by atoms with van der Waals surface area (Å²) in [5.41, 5.74) is 5.00. The molecule has 1 aromatic carbocycles. The average molecular weight is 260 g/mol. The Labute approximate surface area is 115 Å². The van der Waals surface area contributed by atoms with Crippen molar-refractivity contribution in [1.82, 2.24) is 10.6 Å². The summed E-state index contributed by atoms with van der Waals surface area (Å²) in [5, 5.41) is 6.21. The van der Waals surface area contributed by atoms with Gasteiger partial charge in [0.2, 0.25) is 5.91 Å². The maximum absolute atomic E-state index is 12.2. The second-order valence-corrected chi connectivity index (χ2v) is 5.78. The van der Waals surface area contributed by atoms with Gasteiger partial charge in [0.1, 0.15) is 0 Å². The quantitative estimate of drug-likeness (QED) is 0.852. The third-order valence-corrected chi connectivity index (χ3v) is 4.46. The van der Waals surface area contributed by atoms with Gasteiger partial charge in [-0.2, -0.15) is 0 Å². The summed E-state index contributed by atoms with van der Waals surface area (Å²) in [6, 6.07) is 4.25. The van der Waals surface area contributed by atoms with Crippen LogP contribution in [0.25, 0.3) is 0 Å². The van der Waals surface area contributed by atoms with Crippen molar-refractivity contribution >= 4 is 5.91 Å². The number of rotatable bonds is 5. The van der Waals surface area contributed by atoms with Crippen molar-refractivity contribution in [2.24, 2.45) is 5.41 Å². The Bertz CT molecular complexity index is 490. The molecule has 0 atom stereocenters. The van der Waals surface area contributed by atoms with Crippen molar-refractivity contribution in [2.45, 2.75) is 40.2 Å². The molecule has 0 aliphatic heterocycles. The highest BCUT2D eigenvalue weighted by Crippen LogP contribution is 2.45. The molecule has 0 radical (unpaired) electrons. The van der Waals surface area contributed by atoms with Gasteiger partial charge >= 0.3 is 0 Å². The van der Waals surface area contributed by atoms with Gasteiger partial charge in [0.05, 0.1) is 5.41 Å². The Morgan fingerprint density at radius 1 is 1.21 bits per heavy atom. The number of hydrogen-bond donors (Lipinski definition) is 2. The van der Waals surface area contributed by atoms with E-state index in [0.717, 1.165) is 19.4 Å². The molecule has 0 heterocycles. The van der Waals surface area contributed by atoms with Gasteiger partial charge in [-0.3, -0.25) is 4.79 Å². The average Bonchev–Trinajstić information content (AvgIpc) is 3.16. The zero-order chi connectivity index (χ0) is 14.0. The molecule has 1 aromatic rings. The van der Waals surface area contributed by atoms with Crippen LogP contribution in [0.5, 0.6) is 0 Å². The number of hydrogen-bond acceptors (Lipinski definition) is 2. The van der Waals surface area contributed by atoms with Crippen LogP contribution in [0.15, 0.2) is 12.1 Å². The van der Waals surface area contributed by atoms with E-state index in [2.05, 4.69) is 43.5 Å². The first-order valence-electron chi connectivity index (χ1n) is 6.99. The zero-order valence-electron chi connectivity index (χ0n) is 12.4. The highest BCUT2D eigenvalue weighted by atomic mass is 16.2. The maximum atomic E-state index is 12.2. The zero-order valence-corrected chi connectivity index (χ0v) is 12.4. The van der Waals surface area contributed by atoms with E-state index >= 15 is 0 Å². The Kier molecular flexibility index (Phi) is 3.95. The molecule has 1 saturated carbocycles. The Morgan fingerprint density at radius 3 is 2.47 bits per heavy atom. The summed E-state index contributed by atoms with van der Waals surface area (Å²) in [5.74, 6) is 0.194. The van der Waals surface area contributed by atoms with Gasteiger partial charge in [-0.15, -0.1) is 0 Å². The van der Waals surface area contributed by atoms with Crippen molar-refractivity contribution in [2.75, 3.05) is 13.6 Å². The van der Waals surface area contributed by atoms with Gasteiger partial charge in [0, 0.05) is 13.1 Å². The van der Waals surface area contributed by atoms with E-state index in [-0.39, 0.29) is 11.3 Å². The normalized spacial score (nSPS) is 16.2. The maximum Gasteiger partial charge on any atom is 0.227 e. The summed E-state index contributed by atoms with van der Waals surface area (Å²) in [7, 11) is 1.90. The fourth-order valence-electron chi connectivity index (χ4n) is 2.54. The van der Waals surface area contributed by atoms with E-state index in [9.17, 15) is 4.79 Å². The molecular weight excluding hydrogens is 236 g/mol. The number of nitrogens with one attached hydrogen (secondary N) is 2. The summed E-state index contributed by atoms with van der Waals surface area (Å²) in [6.07, 6.45) is 2.01. The van der Waals surface area contributed by atoms with Crippen LogP contribution in [-0.4, -0.2) is 19.5 Å². The Hall–Kier alpha value is -1.35. The van der Waals surface area contributed by atoms with Crippen molar-refractivity contribution < 1.29 is 4.79 Å². The largest absolute Gasteiger partial charge is 0.351 e. The lowest BCUT2D eigenvalue weighted by molar-refractivity contribution is -0.126. The second-order valence-electron chi connectivity index (χ2n) is 5.78. The SMILES string of the molecule is CNCC1(C(=O)NCc2ccc(C)c(C)c2C)CC1. The molecule has 3 heteroatoms. The summed E-state index contributed by atoms with van der Waals surface area (Å²) >= 11 is 0. The summed E-state index contributed by atoms with van der Waals surface area (Å²) < 4.78 is 0. The molecule has 0 saturated heterocycles. The van der Waals surface area contributed by atoms with E-state index < -0.39 is 0 Å². The monoisotopic (exact) mass is 260 g/mol. The first-order chi connectivity index (χ1) is 9.00. The van der Waals surface area contributed by atoms with E-state index in [4.69, 9.17) is 0 Å². The topological polar surface area (TPSA) is 41.1 Å². The Morgan fingerprint density at radius 2 is 1.89 bits per heavy atom. The molecule has 2 rings (SSSR count). The van der Waals surface area contributed by atoms with Gasteiger partial charge < -0.3 is 10.6 Å². The molecule has 0 unspecified atom stereocenters. The third kappa shape index (κ3) is 2.81. The number of aryl methyl sites for hydroxylation is 1. The summed E-state index contributed by atoms with van der Waals surface area (Å²) in [6.45, 7) is 7.81. The van der Waals surface area contributed by atoms with Crippen LogP contribution < -0.4 is 10.6 Å². The molecule has 1 aliphatic carbocycles. The van der Waals surface area contributed by atoms with E-state index in [0.29, 0.717) is 6.54 Å². The van der Waals surface area contributed by atoms with Crippen molar-refractivity contribution in [1.29, 1.82) is 0 Å². The number of carbonyl (C=O) groups excluding carboxylic acids is 1. The summed E-state index contributed by atoms with van der Waals surface area (Å²) in [4.78, 5) is 12.2. The fraction of sp³-hybridized carbons (Fsp3) is 0.562. The third-order valence-electron chi connectivity index (χ3n) is 4.46. The fourth-order valence-corrected chi connectivity index (χ4v) is 2.54. The lowest BCUT2D eigenvalue weighted by Gasteiger charge is -2.16. The molecule has 19 heavy (non-hydrogen) atoms. The van der Waals surface area contributed by atoms with Gasteiger partial charge in [-0.1, -0.05) is 12.1 Å². The molecule has 2 N–H and O–H groups in total. The van der Waals surface area contributed by atoms with Crippen LogP contribution >= 0.6 is 0 Å². The number of benzene rings is 1. The molecule has 0 aromatic heterocycles. The molecule has 104 valence electrons. The van der Waals surface area contributed by atoms with Crippen molar-refractivity contribution in [3.63, 3.8) is 0 Å². The lowest BCUT2D eigenvalue weighted by Crippen LogP contribution is -2.37. The minimum absolute atomic E-state index is 0.137. The lowest BCUT2D eigenvalue weighted by atomic mass is 9.98. The number of amides is 1. The molecular formula is C16H24N2O. The molecule has 0 bridgehead atoms. The predicted molar refractivity (Wildman–Crippen MR) is 78.1 cm³/mol. The molecule has 1 fully saturated rings. The van der Waals surface area contributed by atoms with Gasteiger partial charge in [-0.25, -0.2) is 0 Å². The van der Waals surface area contributed by atoms with Gasteiger partial charge in [0.25, 0.3) is 0 Å². The molecule has 0 spiro atoms. The van der Waals surface area contributed by atoms with Gasteiger partial charge in [0.15, 0.2) is 0 Å². The van der Waals surface area contributed by atoms with Crippen molar-refractivity contribution in [3.05, 3.63) is 34.4 Å². The number of carbonyl (C=O) groups is 1. The van der Waals surface area contributed by atoms with Crippen molar-refractivity contribution in [3.8, 4) is 0 Å². The first kappa shape index (κ1) is 14.1. The highest BCUT2D eigenvalue weighted by Gasteiger charge is 2.48. The Balaban J connectivity index is 2.00. The first-order valence-corrected chi connectivity index (χ1v) is 6.99. The minimum atomic E-state index is -0.137. The predicted octanol–water partition coefficient (Wildman–Crippen LogP) is 2.23. The van der Waals surface area contributed by atoms with Crippen LogP contribution in [0.2, 0.25) is 0 Å². The standard InChI is InChI=1S/C16H24N2O/c1-11-5-6-14(13(3)12(11)2)9-18-15(19)16(7-8-16)10-17-4/h5-6,17H,7-10H2,1-4H3,(H,18,19). The molecule has 1 aliphatic rings. The second kappa shape index (κ2) is 5.33. The van der Waals surface area contributed by atoms with Crippen LogP contribution in [0, 0.1) is 26.2 Å². The van der Waals surface area contributed by atoms with Crippen LogP contribution in [-0.2, 0) is 11.3 Å². The minimum Gasteiger partial charge on any atom is -0.351 e. The van der Waals surface area contributed by atoms with E-state index in [1.807, 2.05) is 7.05 Å². The van der Waals surface area contributed by atoms with Crippen LogP contribution in [0.3, 0.4) is 0 Å². The van der Waals surface area contributed by atoms with Crippen LogP contribution in [0.1, 0.15) is 35.1 Å². The molecule has 1 amide bonds. The van der Waals surface area contributed by atoms with E-state index in [1.54, 1.807) is 0 Å². The molecule has 3 nitrogen and oxygen atoms in total. The smallest absolute Gasteiger partial charge is 0.227 e. The van der Waals surface area contributed by atoms with E-state index in [1.165, 1.54) is 22.3 Å². The van der Waals surface area contributed by atoms with Crippen LogP contribution in [0.4, 0.5) is 0 Å².